The molecule has 7 nitrogen and oxygen atoms in total. The van der Waals surface area contributed by atoms with Crippen LogP contribution in [0.3, 0.4) is 0 Å². The molecule has 0 radical (unpaired) electrons. The molecule has 110 valence electrons. The number of aliphatic carboxylic acids is 1. The predicted molar refractivity (Wildman–Crippen MR) is 69.9 cm³/mol. The second-order valence-electron chi connectivity index (χ2n) is 4.83. The Morgan fingerprint density at radius 1 is 1.26 bits per heavy atom. The molecule has 0 aromatic rings. The third-order valence-corrected chi connectivity index (χ3v) is 3.23. The van der Waals surface area contributed by atoms with Crippen LogP contribution in [-0.2, 0) is 4.79 Å². The number of hydrogen-bond acceptors (Lipinski definition) is 4. The van der Waals surface area contributed by atoms with Gasteiger partial charge < -0.3 is 20.4 Å². The number of amides is 2. The van der Waals surface area contributed by atoms with Gasteiger partial charge in [-0.05, 0) is 19.9 Å². The van der Waals surface area contributed by atoms with E-state index < -0.39 is 24.1 Å². The lowest BCUT2D eigenvalue weighted by atomic mass is 10.2. The number of nitrogens with zero attached hydrogens (tertiary/aromatic N) is 2. The van der Waals surface area contributed by atoms with E-state index >= 15 is 0 Å². The highest BCUT2D eigenvalue weighted by Gasteiger charge is 2.28. The minimum absolute atomic E-state index is 0.426. The molecule has 1 heterocycles. The minimum atomic E-state index is -1.26. The zero-order valence-corrected chi connectivity index (χ0v) is 11.5. The van der Waals surface area contributed by atoms with Gasteiger partial charge in [0.05, 0.1) is 6.10 Å². The number of hydrogen-bond donors (Lipinski definition) is 3. The van der Waals surface area contributed by atoms with Crippen molar-refractivity contribution in [3.05, 3.63) is 0 Å². The average Bonchev–Trinajstić information content (AvgIpc) is 2.36. The summed E-state index contributed by atoms with van der Waals surface area (Å²) >= 11 is 0. The van der Waals surface area contributed by atoms with Crippen LogP contribution in [0.5, 0.6) is 0 Å². The standard InChI is InChI=1S/C12H23N3O4/c1-3-4-14-5-7-15(8-6-14)12(19)13-10(9(2)16)11(17)18/h9-10,16H,3-8H2,1-2H3,(H,13,19)(H,17,18). The molecule has 7 heteroatoms. The number of urea groups is 1. The van der Waals surface area contributed by atoms with Crippen LogP contribution in [0.15, 0.2) is 0 Å². The van der Waals surface area contributed by atoms with Gasteiger partial charge in [0.1, 0.15) is 0 Å². The first-order chi connectivity index (χ1) is 8.95. The summed E-state index contributed by atoms with van der Waals surface area (Å²) in [4.78, 5) is 26.7. The maximum atomic E-state index is 11.9. The minimum Gasteiger partial charge on any atom is -0.480 e. The number of carbonyl (C=O) groups is 2. The Labute approximate surface area is 113 Å². The molecule has 1 rings (SSSR count). The molecule has 1 aliphatic heterocycles. The van der Waals surface area contributed by atoms with E-state index in [0.717, 1.165) is 26.1 Å². The van der Waals surface area contributed by atoms with Crippen molar-refractivity contribution in [2.45, 2.75) is 32.4 Å². The molecule has 2 amide bonds. The lowest BCUT2D eigenvalue weighted by Gasteiger charge is -2.35. The molecule has 2 unspecified atom stereocenters. The van der Waals surface area contributed by atoms with Crippen LogP contribution in [0.2, 0.25) is 0 Å². The lowest BCUT2D eigenvalue weighted by molar-refractivity contribution is -0.141. The summed E-state index contributed by atoms with van der Waals surface area (Å²) in [6.45, 7) is 7.23. The third-order valence-electron chi connectivity index (χ3n) is 3.23. The molecule has 19 heavy (non-hydrogen) atoms. The maximum Gasteiger partial charge on any atom is 0.328 e. The van der Waals surface area contributed by atoms with Crippen molar-refractivity contribution in [3.63, 3.8) is 0 Å². The number of carboxylic acids is 1. The fourth-order valence-electron chi connectivity index (χ4n) is 2.10. The normalized spacial score (nSPS) is 19.8. The molecule has 0 aromatic heterocycles. The largest absolute Gasteiger partial charge is 0.480 e. The van der Waals surface area contributed by atoms with E-state index in [0.29, 0.717) is 13.1 Å². The van der Waals surface area contributed by atoms with E-state index in [-0.39, 0.29) is 0 Å². The summed E-state index contributed by atoms with van der Waals surface area (Å²) in [5.74, 6) is -1.23. The molecular formula is C12H23N3O4. The Morgan fingerprint density at radius 3 is 2.26 bits per heavy atom. The van der Waals surface area contributed by atoms with Crippen molar-refractivity contribution in [3.8, 4) is 0 Å². The van der Waals surface area contributed by atoms with Gasteiger partial charge in [0.2, 0.25) is 0 Å². The van der Waals surface area contributed by atoms with Gasteiger partial charge in [0.15, 0.2) is 6.04 Å². The molecule has 1 aliphatic rings. The van der Waals surface area contributed by atoms with Crippen LogP contribution in [0.4, 0.5) is 4.79 Å². The highest BCUT2D eigenvalue weighted by atomic mass is 16.4. The third kappa shape index (κ3) is 4.68. The average molecular weight is 273 g/mol. The van der Waals surface area contributed by atoms with Gasteiger partial charge >= 0.3 is 12.0 Å². The van der Waals surface area contributed by atoms with Gasteiger partial charge in [0, 0.05) is 26.2 Å². The van der Waals surface area contributed by atoms with Gasteiger partial charge in [-0.1, -0.05) is 6.92 Å². The number of piperazine rings is 1. The van der Waals surface area contributed by atoms with Crippen LogP contribution < -0.4 is 5.32 Å². The Bertz CT molecular complexity index is 314. The molecule has 1 fully saturated rings. The van der Waals surface area contributed by atoms with Gasteiger partial charge in [-0.2, -0.15) is 0 Å². The van der Waals surface area contributed by atoms with E-state index in [2.05, 4.69) is 17.1 Å². The Hall–Kier alpha value is -1.34. The first-order valence-electron chi connectivity index (χ1n) is 6.64. The Balaban J connectivity index is 2.44. The first kappa shape index (κ1) is 15.7. The van der Waals surface area contributed by atoms with E-state index in [1.165, 1.54) is 6.92 Å². The van der Waals surface area contributed by atoms with Gasteiger partial charge in [-0.25, -0.2) is 9.59 Å². The summed E-state index contributed by atoms with van der Waals surface area (Å²) in [5, 5.41) is 20.6. The molecule has 0 spiro atoms. The van der Waals surface area contributed by atoms with Crippen molar-refractivity contribution in [1.29, 1.82) is 0 Å². The van der Waals surface area contributed by atoms with E-state index in [4.69, 9.17) is 5.11 Å². The first-order valence-corrected chi connectivity index (χ1v) is 6.64. The second kappa shape index (κ2) is 7.30. The molecular weight excluding hydrogens is 250 g/mol. The lowest BCUT2D eigenvalue weighted by Crippen LogP contribution is -2.56. The Kier molecular flexibility index (Phi) is 6.04. The molecule has 2 atom stereocenters. The van der Waals surface area contributed by atoms with Crippen molar-refractivity contribution in [1.82, 2.24) is 15.1 Å². The number of aliphatic hydroxyl groups excluding tert-OH is 1. The summed E-state index contributed by atoms with van der Waals surface area (Å²) in [5.41, 5.74) is 0. The van der Waals surface area contributed by atoms with Crippen LogP contribution in [0.1, 0.15) is 20.3 Å². The summed E-state index contributed by atoms with van der Waals surface area (Å²) < 4.78 is 0. The molecule has 0 bridgehead atoms. The number of aliphatic hydroxyl groups is 1. The van der Waals surface area contributed by atoms with Crippen molar-refractivity contribution < 1.29 is 19.8 Å². The maximum absolute atomic E-state index is 11.9. The van der Waals surface area contributed by atoms with Gasteiger partial charge in [-0.15, -0.1) is 0 Å². The predicted octanol–water partition coefficient (Wildman–Crippen LogP) is -0.442. The van der Waals surface area contributed by atoms with Crippen molar-refractivity contribution in [2.24, 2.45) is 0 Å². The number of carboxylic acid groups (broad SMARTS) is 1. The smallest absolute Gasteiger partial charge is 0.328 e. The van der Waals surface area contributed by atoms with Crippen LogP contribution in [0.25, 0.3) is 0 Å². The summed E-state index contributed by atoms with van der Waals surface area (Å²) in [7, 11) is 0. The van der Waals surface area contributed by atoms with E-state index in [1.807, 2.05) is 0 Å². The highest BCUT2D eigenvalue weighted by molar-refractivity contribution is 5.83. The SMILES string of the molecule is CCCN1CCN(C(=O)NC(C(=O)O)C(C)O)CC1. The van der Waals surface area contributed by atoms with Crippen molar-refractivity contribution >= 4 is 12.0 Å². The topological polar surface area (TPSA) is 93.1 Å². The quantitative estimate of drug-likeness (QED) is 0.631. The van der Waals surface area contributed by atoms with Gasteiger partial charge in [0.25, 0.3) is 0 Å². The molecule has 0 aliphatic carbocycles. The van der Waals surface area contributed by atoms with Crippen LogP contribution >= 0.6 is 0 Å². The zero-order valence-electron chi connectivity index (χ0n) is 11.5. The Morgan fingerprint density at radius 2 is 1.84 bits per heavy atom. The van der Waals surface area contributed by atoms with E-state index in [9.17, 15) is 14.7 Å². The van der Waals surface area contributed by atoms with Gasteiger partial charge in [-0.3, -0.25) is 4.90 Å². The molecule has 0 aromatic carbocycles. The summed E-state index contributed by atoms with van der Waals surface area (Å²) in [6, 6.07) is -1.69. The van der Waals surface area contributed by atoms with Crippen molar-refractivity contribution in [2.75, 3.05) is 32.7 Å². The summed E-state index contributed by atoms with van der Waals surface area (Å²) in [6.07, 6.45) is -0.0437. The fourth-order valence-corrected chi connectivity index (χ4v) is 2.10. The molecule has 1 saturated heterocycles. The fraction of sp³-hybridized carbons (Fsp3) is 0.833. The highest BCUT2D eigenvalue weighted by Crippen LogP contribution is 2.04. The number of carbonyl (C=O) groups excluding carboxylic acids is 1. The number of rotatable bonds is 5. The molecule has 0 saturated carbocycles. The number of nitrogens with one attached hydrogen (secondary N) is 1. The zero-order chi connectivity index (χ0) is 14.4. The second-order valence-corrected chi connectivity index (χ2v) is 4.83. The van der Waals surface area contributed by atoms with E-state index in [1.54, 1.807) is 4.90 Å². The monoisotopic (exact) mass is 273 g/mol. The van der Waals surface area contributed by atoms with Crippen LogP contribution in [-0.4, -0.2) is 76.9 Å². The molecule has 3 N–H and O–H groups in total. The van der Waals surface area contributed by atoms with Crippen LogP contribution in [0, 0.1) is 0 Å².